The molecule has 10 heteroatoms. The van der Waals surface area contributed by atoms with Crippen LogP contribution >= 0.6 is 0 Å². The third kappa shape index (κ3) is 3.48. The number of carboxylic acids is 1. The summed E-state index contributed by atoms with van der Waals surface area (Å²) < 4.78 is 23.8. The van der Waals surface area contributed by atoms with E-state index in [4.69, 9.17) is 9.72 Å². The molecule has 3 aromatic heterocycles. The lowest BCUT2D eigenvalue weighted by molar-refractivity contribution is 0.0696. The first-order valence-corrected chi connectivity index (χ1v) is 10.2. The molecular weight excluding hydrogens is 415 g/mol. The minimum Gasteiger partial charge on any atom is -0.478 e. The number of carboxylic acid groups (broad SMARTS) is 1. The van der Waals surface area contributed by atoms with Gasteiger partial charge in [0.25, 0.3) is 0 Å². The van der Waals surface area contributed by atoms with E-state index in [0.29, 0.717) is 30.2 Å². The van der Waals surface area contributed by atoms with Crippen LogP contribution in [0.15, 0.2) is 36.9 Å². The van der Waals surface area contributed by atoms with Crippen molar-refractivity contribution in [1.82, 2.24) is 24.4 Å². The first kappa shape index (κ1) is 20.1. The molecule has 9 nitrogen and oxygen atoms in total. The van der Waals surface area contributed by atoms with Gasteiger partial charge in [0, 0.05) is 48.3 Å². The Bertz CT molecular complexity index is 1340. The van der Waals surface area contributed by atoms with Gasteiger partial charge in [-0.2, -0.15) is 10.2 Å². The molecule has 1 aliphatic heterocycles. The van der Waals surface area contributed by atoms with Crippen LogP contribution in [0.5, 0.6) is 0 Å². The number of hydrogen-bond donors (Lipinski definition) is 2. The largest absolute Gasteiger partial charge is 0.478 e. The van der Waals surface area contributed by atoms with Crippen LogP contribution in [0.2, 0.25) is 0 Å². The molecule has 0 radical (unpaired) electrons. The monoisotopic (exact) mass is 436 g/mol. The van der Waals surface area contributed by atoms with Crippen molar-refractivity contribution in [2.45, 2.75) is 19.4 Å². The average Bonchev–Trinajstić information content (AvgIpc) is 3.51. The summed E-state index contributed by atoms with van der Waals surface area (Å²) in [6.07, 6.45) is 7.78. The van der Waals surface area contributed by atoms with Gasteiger partial charge in [0.15, 0.2) is 5.65 Å². The van der Waals surface area contributed by atoms with E-state index < -0.39 is 11.8 Å². The maximum Gasteiger partial charge on any atom is 0.335 e. The van der Waals surface area contributed by atoms with E-state index in [2.05, 4.69) is 15.5 Å². The van der Waals surface area contributed by atoms with Crippen LogP contribution in [0.3, 0.4) is 0 Å². The number of rotatable bonds is 5. The highest BCUT2D eigenvalue weighted by atomic mass is 19.1. The van der Waals surface area contributed by atoms with Crippen molar-refractivity contribution in [3.8, 4) is 22.3 Å². The van der Waals surface area contributed by atoms with Crippen molar-refractivity contribution in [1.29, 1.82) is 0 Å². The smallest absolute Gasteiger partial charge is 0.335 e. The number of aromatic nitrogens is 5. The number of fused-ring (bicyclic) bond motifs is 1. The van der Waals surface area contributed by atoms with Gasteiger partial charge in [-0.1, -0.05) is 0 Å². The molecule has 164 valence electrons. The van der Waals surface area contributed by atoms with Crippen LogP contribution in [0.4, 0.5) is 10.2 Å². The minimum atomic E-state index is -1.12. The standard InChI is InChI=1S/C22H21FN6O3/c1-12-5-13(22(30)31)6-16(19(12)23)17-8-25-29-10-18(14-7-24-28(2)9-14)20(27-21(17)29)26-15-3-4-32-11-15/h5-10,15H,3-4,11H2,1-2H3,(H,26,27)(H,30,31)/t15-/m0/s1. The van der Waals surface area contributed by atoms with Gasteiger partial charge in [0.05, 0.1) is 30.6 Å². The molecule has 4 heterocycles. The molecule has 32 heavy (non-hydrogen) atoms. The summed E-state index contributed by atoms with van der Waals surface area (Å²) in [5, 5.41) is 21.5. The number of hydrogen-bond acceptors (Lipinski definition) is 6. The predicted molar refractivity (Wildman–Crippen MR) is 115 cm³/mol. The number of ether oxygens (including phenoxy) is 1. The third-order valence-corrected chi connectivity index (χ3v) is 5.57. The third-order valence-electron chi connectivity index (χ3n) is 5.57. The highest BCUT2D eigenvalue weighted by molar-refractivity contribution is 5.91. The molecule has 4 aromatic rings. The summed E-state index contributed by atoms with van der Waals surface area (Å²) in [6.45, 7) is 2.78. The molecular formula is C22H21FN6O3. The SMILES string of the molecule is Cc1cc(C(=O)O)cc(-c2cnn3cc(-c4cnn(C)c4)c(N[C@H]4CCOC4)nc23)c1F. The van der Waals surface area contributed by atoms with Crippen LogP contribution in [-0.2, 0) is 11.8 Å². The zero-order valence-electron chi connectivity index (χ0n) is 17.5. The zero-order valence-corrected chi connectivity index (χ0v) is 17.5. The van der Waals surface area contributed by atoms with Crippen LogP contribution in [-0.4, -0.2) is 54.7 Å². The van der Waals surface area contributed by atoms with Crippen LogP contribution in [0.25, 0.3) is 27.9 Å². The highest BCUT2D eigenvalue weighted by Crippen LogP contribution is 2.33. The Balaban J connectivity index is 1.69. The van der Waals surface area contributed by atoms with Crippen molar-refractivity contribution in [2.75, 3.05) is 18.5 Å². The average molecular weight is 436 g/mol. The molecule has 0 aliphatic carbocycles. The van der Waals surface area contributed by atoms with Crippen molar-refractivity contribution < 1.29 is 19.0 Å². The number of aryl methyl sites for hydroxylation is 2. The van der Waals surface area contributed by atoms with E-state index in [1.165, 1.54) is 25.3 Å². The van der Waals surface area contributed by atoms with Gasteiger partial charge >= 0.3 is 5.97 Å². The fourth-order valence-corrected chi connectivity index (χ4v) is 3.91. The zero-order chi connectivity index (χ0) is 22.4. The molecule has 0 bridgehead atoms. The quantitative estimate of drug-likeness (QED) is 0.495. The lowest BCUT2D eigenvalue weighted by Gasteiger charge is -2.15. The predicted octanol–water partition coefficient (Wildman–Crippen LogP) is 3.14. The lowest BCUT2D eigenvalue weighted by atomic mass is 10.0. The molecule has 0 amide bonds. The van der Waals surface area contributed by atoms with Crippen molar-refractivity contribution in [3.63, 3.8) is 0 Å². The van der Waals surface area contributed by atoms with Gasteiger partial charge in [-0.25, -0.2) is 18.7 Å². The molecule has 1 saturated heterocycles. The second kappa shape index (κ2) is 7.72. The van der Waals surface area contributed by atoms with Crippen LogP contribution in [0.1, 0.15) is 22.3 Å². The summed E-state index contributed by atoms with van der Waals surface area (Å²) in [5.41, 5.74) is 2.88. The fraction of sp³-hybridized carbons (Fsp3) is 0.273. The molecule has 1 atom stereocenters. The molecule has 0 spiro atoms. The number of anilines is 1. The maximum atomic E-state index is 15.0. The Morgan fingerprint density at radius 3 is 2.75 bits per heavy atom. The molecule has 5 rings (SSSR count). The van der Waals surface area contributed by atoms with Crippen molar-refractivity contribution in [2.24, 2.45) is 7.05 Å². The topological polar surface area (TPSA) is 107 Å². The lowest BCUT2D eigenvalue weighted by Crippen LogP contribution is -2.20. The van der Waals surface area contributed by atoms with Gasteiger partial charge in [-0.3, -0.25) is 4.68 Å². The van der Waals surface area contributed by atoms with E-state index in [9.17, 15) is 9.90 Å². The van der Waals surface area contributed by atoms with Crippen LogP contribution < -0.4 is 5.32 Å². The summed E-state index contributed by atoms with van der Waals surface area (Å²) in [4.78, 5) is 16.3. The maximum absolute atomic E-state index is 15.0. The molecule has 0 saturated carbocycles. The number of nitrogens with zero attached hydrogens (tertiary/aromatic N) is 5. The number of carbonyl (C=O) groups is 1. The van der Waals surface area contributed by atoms with Gasteiger partial charge in [-0.05, 0) is 31.0 Å². The fourth-order valence-electron chi connectivity index (χ4n) is 3.91. The van der Waals surface area contributed by atoms with Crippen molar-refractivity contribution in [3.05, 3.63) is 53.9 Å². The highest BCUT2D eigenvalue weighted by Gasteiger charge is 2.22. The Hall–Kier alpha value is -3.79. The van der Waals surface area contributed by atoms with Gasteiger partial charge in [-0.15, -0.1) is 0 Å². The summed E-state index contributed by atoms with van der Waals surface area (Å²) >= 11 is 0. The molecule has 0 unspecified atom stereocenters. The molecule has 1 aliphatic rings. The van der Waals surface area contributed by atoms with Gasteiger partial charge in [0.2, 0.25) is 0 Å². The van der Waals surface area contributed by atoms with E-state index in [-0.39, 0.29) is 22.7 Å². The summed E-state index contributed by atoms with van der Waals surface area (Å²) in [7, 11) is 1.83. The van der Waals surface area contributed by atoms with E-state index in [1.54, 1.807) is 15.4 Å². The first-order chi connectivity index (χ1) is 15.4. The Kier molecular flexibility index (Phi) is 4.86. The molecule has 1 fully saturated rings. The molecule has 1 aromatic carbocycles. The first-order valence-electron chi connectivity index (χ1n) is 10.2. The Morgan fingerprint density at radius 1 is 1.22 bits per heavy atom. The van der Waals surface area contributed by atoms with E-state index >= 15 is 4.39 Å². The number of halogens is 1. The van der Waals surface area contributed by atoms with Gasteiger partial charge in [0.1, 0.15) is 11.6 Å². The summed E-state index contributed by atoms with van der Waals surface area (Å²) in [6, 6.07) is 2.73. The van der Waals surface area contributed by atoms with Gasteiger partial charge < -0.3 is 15.2 Å². The van der Waals surface area contributed by atoms with E-state index in [0.717, 1.165) is 17.5 Å². The summed E-state index contributed by atoms with van der Waals surface area (Å²) in [5.74, 6) is -1.02. The Labute approximate surface area is 182 Å². The normalized spacial score (nSPS) is 16.0. The second-order valence-electron chi connectivity index (χ2n) is 7.90. The number of aromatic carboxylic acids is 1. The minimum absolute atomic E-state index is 0.00619. The number of benzene rings is 1. The Morgan fingerprint density at radius 2 is 2.06 bits per heavy atom. The van der Waals surface area contributed by atoms with E-state index in [1.807, 2.05) is 19.4 Å². The molecule has 2 N–H and O–H groups in total. The van der Waals surface area contributed by atoms with Crippen LogP contribution in [0, 0.1) is 12.7 Å². The van der Waals surface area contributed by atoms with Crippen molar-refractivity contribution >= 4 is 17.4 Å². The second-order valence-corrected chi connectivity index (χ2v) is 7.90. The number of nitrogens with one attached hydrogen (secondary N) is 1.